The van der Waals surface area contributed by atoms with Crippen molar-refractivity contribution in [2.24, 2.45) is 5.92 Å². The van der Waals surface area contributed by atoms with E-state index in [1.54, 1.807) is 24.0 Å². The average molecular weight is 369 g/mol. The van der Waals surface area contributed by atoms with Crippen molar-refractivity contribution in [2.75, 3.05) is 19.8 Å². The third kappa shape index (κ3) is 7.45. The molecule has 0 saturated heterocycles. The zero-order chi connectivity index (χ0) is 18.8. The number of hydrogen-bond acceptors (Lipinski definition) is 3. The lowest BCUT2D eigenvalue weighted by atomic mass is 10.1. The van der Waals surface area contributed by atoms with Gasteiger partial charge in [0, 0.05) is 37.2 Å². The summed E-state index contributed by atoms with van der Waals surface area (Å²) in [4.78, 5) is 26.6. The number of halogens is 1. The summed E-state index contributed by atoms with van der Waals surface area (Å²) in [6, 6.07) is 6.77. The lowest BCUT2D eigenvalue weighted by Gasteiger charge is -2.30. The largest absolute Gasteiger partial charge is 0.382 e. The molecule has 0 aliphatic heterocycles. The van der Waals surface area contributed by atoms with Crippen molar-refractivity contribution in [1.29, 1.82) is 0 Å². The molecular weight excluding hydrogens is 340 g/mol. The molecule has 1 atom stereocenters. The fraction of sp³-hybridized carbons (Fsp3) is 0.579. The van der Waals surface area contributed by atoms with Crippen molar-refractivity contribution in [3.8, 4) is 0 Å². The highest BCUT2D eigenvalue weighted by Gasteiger charge is 2.27. The topological polar surface area (TPSA) is 58.6 Å². The molecule has 0 fully saturated rings. The van der Waals surface area contributed by atoms with Crippen LogP contribution in [0.4, 0.5) is 0 Å². The van der Waals surface area contributed by atoms with Gasteiger partial charge >= 0.3 is 0 Å². The molecule has 0 aliphatic rings. The predicted molar refractivity (Wildman–Crippen MR) is 100 cm³/mol. The quantitative estimate of drug-likeness (QED) is 0.645. The van der Waals surface area contributed by atoms with E-state index in [-0.39, 0.29) is 17.7 Å². The number of carbonyl (C=O) groups is 2. The molecule has 1 aromatic rings. The summed E-state index contributed by atoms with van der Waals surface area (Å²) < 4.78 is 5.25. The minimum Gasteiger partial charge on any atom is -0.382 e. The maximum atomic E-state index is 12.6. The lowest BCUT2D eigenvalue weighted by molar-refractivity contribution is -0.143. The summed E-state index contributed by atoms with van der Waals surface area (Å²) in [6.07, 6.45) is 0.752. The number of nitrogens with zero attached hydrogens (tertiary/aromatic N) is 1. The van der Waals surface area contributed by atoms with Crippen LogP contribution in [-0.4, -0.2) is 42.5 Å². The Bertz CT molecular complexity index is 546. The van der Waals surface area contributed by atoms with Crippen LogP contribution in [0.2, 0.25) is 5.02 Å². The van der Waals surface area contributed by atoms with Gasteiger partial charge in [0.05, 0.1) is 0 Å². The molecule has 140 valence electrons. The molecule has 2 amide bonds. The molecule has 1 aromatic carbocycles. The van der Waals surface area contributed by atoms with E-state index >= 15 is 0 Å². The van der Waals surface area contributed by atoms with Gasteiger partial charge in [0.1, 0.15) is 6.04 Å². The molecule has 1 rings (SSSR count). The molecule has 0 saturated carbocycles. The van der Waals surface area contributed by atoms with Crippen molar-refractivity contribution in [3.05, 3.63) is 34.9 Å². The molecule has 0 aromatic heterocycles. The van der Waals surface area contributed by atoms with Crippen LogP contribution >= 0.6 is 11.6 Å². The van der Waals surface area contributed by atoms with Crippen LogP contribution in [0, 0.1) is 5.92 Å². The van der Waals surface area contributed by atoms with Crippen LogP contribution in [0.15, 0.2) is 24.3 Å². The van der Waals surface area contributed by atoms with Gasteiger partial charge in [0.25, 0.3) is 0 Å². The molecule has 25 heavy (non-hydrogen) atoms. The van der Waals surface area contributed by atoms with Crippen LogP contribution in [0.3, 0.4) is 0 Å². The van der Waals surface area contributed by atoms with Gasteiger partial charge in [0.15, 0.2) is 0 Å². The first-order valence-corrected chi connectivity index (χ1v) is 9.15. The van der Waals surface area contributed by atoms with E-state index in [9.17, 15) is 9.59 Å². The Kier molecular flexibility index (Phi) is 9.53. The van der Waals surface area contributed by atoms with Gasteiger partial charge in [-0.1, -0.05) is 37.6 Å². The van der Waals surface area contributed by atoms with Crippen molar-refractivity contribution in [1.82, 2.24) is 10.2 Å². The molecule has 1 N–H and O–H groups in total. The van der Waals surface area contributed by atoms with E-state index in [0.717, 1.165) is 12.0 Å². The van der Waals surface area contributed by atoms with Crippen LogP contribution in [0.25, 0.3) is 0 Å². The Morgan fingerprint density at radius 1 is 1.20 bits per heavy atom. The van der Waals surface area contributed by atoms with Crippen molar-refractivity contribution in [2.45, 2.75) is 46.7 Å². The molecule has 0 aliphatic carbocycles. The van der Waals surface area contributed by atoms with Gasteiger partial charge < -0.3 is 15.0 Å². The Morgan fingerprint density at radius 2 is 1.84 bits per heavy atom. The smallest absolute Gasteiger partial charge is 0.242 e. The van der Waals surface area contributed by atoms with Gasteiger partial charge in [-0.3, -0.25) is 9.59 Å². The summed E-state index contributed by atoms with van der Waals surface area (Å²) in [6.45, 7) is 9.57. The fourth-order valence-electron chi connectivity index (χ4n) is 2.34. The van der Waals surface area contributed by atoms with Gasteiger partial charge in [-0.25, -0.2) is 0 Å². The first-order valence-electron chi connectivity index (χ1n) is 8.77. The summed E-state index contributed by atoms with van der Waals surface area (Å²) in [5.74, 6) is -0.383. The zero-order valence-corrected chi connectivity index (χ0v) is 16.3. The minimum absolute atomic E-state index is 0.0492. The summed E-state index contributed by atoms with van der Waals surface area (Å²) >= 11 is 5.91. The number of hydrogen-bond donors (Lipinski definition) is 1. The molecule has 0 radical (unpaired) electrons. The van der Waals surface area contributed by atoms with E-state index in [1.807, 2.05) is 32.9 Å². The first kappa shape index (κ1) is 21.5. The number of carbonyl (C=O) groups excluding carboxylic acids is 2. The zero-order valence-electron chi connectivity index (χ0n) is 15.5. The van der Waals surface area contributed by atoms with Gasteiger partial charge in [-0.2, -0.15) is 0 Å². The van der Waals surface area contributed by atoms with Gasteiger partial charge in [0.2, 0.25) is 11.8 Å². The first-order chi connectivity index (χ1) is 11.9. The van der Waals surface area contributed by atoms with Crippen molar-refractivity contribution < 1.29 is 14.3 Å². The van der Waals surface area contributed by atoms with Crippen molar-refractivity contribution >= 4 is 23.4 Å². The average Bonchev–Trinajstić information content (AvgIpc) is 2.59. The SMILES string of the molecule is CCOCCCNC(=O)C(C)N(Cc1ccc(Cl)cc1)C(=O)C(C)C. The van der Waals surface area contributed by atoms with Gasteiger partial charge in [-0.05, 0) is 38.0 Å². The number of amides is 2. The Morgan fingerprint density at radius 3 is 2.40 bits per heavy atom. The molecule has 5 nitrogen and oxygen atoms in total. The second-order valence-corrected chi connectivity index (χ2v) is 6.70. The van der Waals surface area contributed by atoms with Crippen LogP contribution in [-0.2, 0) is 20.9 Å². The molecule has 0 spiro atoms. The Labute approximate surface area is 155 Å². The Hall–Kier alpha value is -1.59. The normalized spacial score (nSPS) is 12.1. The fourth-order valence-corrected chi connectivity index (χ4v) is 2.47. The van der Waals surface area contributed by atoms with Crippen LogP contribution in [0.1, 0.15) is 39.7 Å². The van der Waals surface area contributed by atoms with E-state index in [4.69, 9.17) is 16.3 Å². The number of benzene rings is 1. The standard InChI is InChI=1S/C19H29ClN2O3/c1-5-25-12-6-11-21-18(23)15(4)22(19(24)14(2)3)13-16-7-9-17(20)10-8-16/h7-10,14-15H,5-6,11-13H2,1-4H3,(H,21,23). The monoisotopic (exact) mass is 368 g/mol. The molecule has 6 heteroatoms. The summed E-state index contributed by atoms with van der Waals surface area (Å²) in [5, 5.41) is 3.52. The molecule has 0 bridgehead atoms. The van der Waals surface area contributed by atoms with E-state index in [0.29, 0.717) is 31.3 Å². The van der Waals surface area contributed by atoms with E-state index in [1.165, 1.54) is 0 Å². The molecule has 0 heterocycles. The minimum atomic E-state index is -0.544. The molecule has 1 unspecified atom stereocenters. The lowest BCUT2D eigenvalue weighted by Crippen LogP contribution is -2.49. The summed E-state index contributed by atoms with van der Waals surface area (Å²) in [7, 11) is 0. The maximum Gasteiger partial charge on any atom is 0.242 e. The van der Waals surface area contributed by atoms with Gasteiger partial charge in [-0.15, -0.1) is 0 Å². The predicted octanol–water partition coefficient (Wildman–Crippen LogP) is 3.26. The Balaban J connectivity index is 2.72. The third-order valence-corrected chi connectivity index (χ3v) is 4.11. The maximum absolute atomic E-state index is 12.6. The highest BCUT2D eigenvalue weighted by Crippen LogP contribution is 2.15. The number of ether oxygens (including phenoxy) is 1. The number of nitrogens with one attached hydrogen (secondary N) is 1. The third-order valence-electron chi connectivity index (χ3n) is 3.86. The second-order valence-electron chi connectivity index (χ2n) is 6.26. The second kappa shape index (κ2) is 11.1. The van der Waals surface area contributed by atoms with Crippen LogP contribution < -0.4 is 5.32 Å². The van der Waals surface area contributed by atoms with Crippen LogP contribution in [0.5, 0.6) is 0 Å². The van der Waals surface area contributed by atoms with E-state index in [2.05, 4.69) is 5.32 Å². The highest BCUT2D eigenvalue weighted by molar-refractivity contribution is 6.30. The molecular formula is C19H29ClN2O3. The van der Waals surface area contributed by atoms with Crippen molar-refractivity contribution in [3.63, 3.8) is 0 Å². The number of rotatable bonds is 10. The summed E-state index contributed by atoms with van der Waals surface area (Å²) in [5.41, 5.74) is 0.939. The van der Waals surface area contributed by atoms with E-state index < -0.39 is 6.04 Å². The highest BCUT2D eigenvalue weighted by atomic mass is 35.5.